The largest absolute Gasteiger partial charge is 0.455 e. The number of carbonyl (C=O) groups is 1. The number of anilines is 1. The highest BCUT2D eigenvalue weighted by Gasteiger charge is 2.11. The molecule has 5 nitrogen and oxygen atoms in total. The number of rotatable bonds is 4. The highest BCUT2D eigenvalue weighted by atomic mass is 79.9. The predicted octanol–water partition coefficient (Wildman–Crippen LogP) is 3.07. The number of oxime groups is 1. The van der Waals surface area contributed by atoms with E-state index in [1.54, 1.807) is 36.4 Å². The summed E-state index contributed by atoms with van der Waals surface area (Å²) in [6.45, 7) is -0.124. The topological polar surface area (TPSA) is 84.9 Å². The molecular formula is C15H13BrN2O3. The maximum Gasteiger partial charge on any atom is 0.338 e. The van der Waals surface area contributed by atoms with Crippen molar-refractivity contribution >= 4 is 33.3 Å². The molecule has 0 atom stereocenters. The van der Waals surface area contributed by atoms with Crippen molar-refractivity contribution in [1.82, 2.24) is 0 Å². The highest BCUT2D eigenvalue weighted by molar-refractivity contribution is 9.10. The van der Waals surface area contributed by atoms with Crippen LogP contribution in [0, 0.1) is 0 Å². The molecule has 0 aliphatic carbocycles. The molecule has 2 rings (SSSR count). The maximum absolute atomic E-state index is 11.9. The van der Waals surface area contributed by atoms with Crippen molar-refractivity contribution < 1.29 is 14.7 Å². The van der Waals surface area contributed by atoms with Gasteiger partial charge in [-0.25, -0.2) is 4.79 Å². The fraction of sp³-hybridized carbons (Fsp3) is 0.0667. The van der Waals surface area contributed by atoms with Crippen molar-refractivity contribution in [2.45, 2.75) is 0 Å². The molecule has 0 radical (unpaired) electrons. The number of hydrogen-bond donors (Lipinski definition) is 2. The summed E-state index contributed by atoms with van der Waals surface area (Å²) in [6.07, 6.45) is 0. The van der Waals surface area contributed by atoms with Crippen LogP contribution in [-0.2, 0) is 4.74 Å². The number of hydrogen-bond acceptors (Lipinski definition) is 5. The third kappa shape index (κ3) is 4.06. The standard InChI is InChI=1S/C15H13BrN2O3/c16-12-5-1-10(2-6-12)14(18-20)9-21-15(19)11-3-7-13(17)8-4-11/h1-8,20H,9,17H2/b18-14-. The number of carbonyl (C=O) groups excluding carboxylic acids is 1. The summed E-state index contributed by atoms with van der Waals surface area (Å²) in [6, 6.07) is 13.5. The second-order valence-corrected chi connectivity index (χ2v) is 5.17. The van der Waals surface area contributed by atoms with Gasteiger partial charge >= 0.3 is 5.97 Å². The Hall–Kier alpha value is -2.34. The molecule has 0 saturated heterocycles. The van der Waals surface area contributed by atoms with Crippen molar-refractivity contribution in [3.63, 3.8) is 0 Å². The molecule has 0 fully saturated rings. The zero-order valence-electron chi connectivity index (χ0n) is 11.0. The molecule has 3 N–H and O–H groups in total. The first-order valence-electron chi connectivity index (χ1n) is 6.09. The van der Waals surface area contributed by atoms with E-state index in [2.05, 4.69) is 21.1 Å². The van der Waals surface area contributed by atoms with E-state index in [1.807, 2.05) is 12.1 Å². The monoisotopic (exact) mass is 348 g/mol. The van der Waals surface area contributed by atoms with Crippen LogP contribution in [0.25, 0.3) is 0 Å². The molecule has 21 heavy (non-hydrogen) atoms. The van der Waals surface area contributed by atoms with Gasteiger partial charge in [-0.1, -0.05) is 33.2 Å². The fourth-order valence-corrected chi connectivity index (χ4v) is 1.91. The van der Waals surface area contributed by atoms with Gasteiger partial charge in [-0.2, -0.15) is 0 Å². The number of nitrogens with two attached hydrogens (primary N) is 1. The Bertz CT molecular complexity index is 652. The third-order valence-corrected chi connectivity index (χ3v) is 3.31. The first kappa shape index (κ1) is 15.1. The molecular weight excluding hydrogens is 336 g/mol. The van der Waals surface area contributed by atoms with Crippen LogP contribution in [-0.4, -0.2) is 23.5 Å². The van der Waals surface area contributed by atoms with E-state index in [0.29, 0.717) is 16.8 Å². The van der Waals surface area contributed by atoms with Gasteiger partial charge in [0.15, 0.2) is 0 Å². The fourth-order valence-electron chi connectivity index (χ4n) is 1.65. The van der Waals surface area contributed by atoms with E-state index in [1.165, 1.54) is 0 Å². The van der Waals surface area contributed by atoms with Gasteiger partial charge in [0.25, 0.3) is 0 Å². The van der Waals surface area contributed by atoms with Crippen LogP contribution >= 0.6 is 15.9 Å². The second kappa shape index (κ2) is 6.90. The van der Waals surface area contributed by atoms with Gasteiger partial charge in [-0.15, -0.1) is 0 Å². The zero-order chi connectivity index (χ0) is 15.2. The first-order valence-corrected chi connectivity index (χ1v) is 6.89. The van der Waals surface area contributed by atoms with Crippen molar-refractivity contribution in [3.8, 4) is 0 Å². The van der Waals surface area contributed by atoms with Gasteiger partial charge in [-0.3, -0.25) is 0 Å². The Morgan fingerprint density at radius 2 is 1.67 bits per heavy atom. The number of nitrogen functional groups attached to an aromatic ring is 1. The van der Waals surface area contributed by atoms with Gasteiger partial charge in [0.05, 0.1) is 5.56 Å². The number of benzene rings is 2. The molecule has 0 saturated carbocycles. The Kier molecular flexibility index (Phi) is 4.94. The van der Waals surface area contributed by atoms with Crippen LogP contribution in [0.2, 0.25) is 0 Å². The first-order chi connectivity index (χ1) is 10.1. The molecule has 6 heteroatoms. The lowest BCUT2D eigenvalue weighted by molar-refractivity contribution is 0.0562. The predicted molar refractivity (Wildman–Crippen MR) is 83.6 cm³/mol. The minimum absolute atomic E-state index is 0.124. The molecule has 0 aromatic heterocycles. The molecule has 108 valence electrons. The smallest absolute Gasteiger partial charge is 0.338 e. The summed E-state index contributed by atoms with van der Waals surface area (Å²) >= 11 is 3.32. The molecule has 0 heterocycles. The quantitative estimate of drug-likeness (QED) is 0.292. The van der Waals surface area contributed by atoms with Crippen LogP contribution in [0.3, 0.4) is 0 Å². The van der Waals surface area contributed by atoms with Crippen LogP contribution in [0.5, 0.6) is 0 Å². The van der Waals surface area contributed by atoms with E-state index in [4.69, 9.17) is 15.7 Å². The summed E-state index contributed by atoms with van der Waals surface area (Å²) in [7, 11) is 0. The van der Waals surface area contributed by atoms with E-state index in [9.17, 15) is 4.79 Å². The Morgan fingerprint density at radius 1 is 1.10 bits per heavy atom. The molecule has 0 bridgehead atoms. The highest BCUT2D eigenvalue weighted by Crippen LogP contribution is 2.12. The van der Waals surface area contributed by atoms with Crippen LogP contribution in [0.15, 0.2) is 58.2 Å². The van der Waals surface area contributed by atoms with Gasteiger partial charge in [-0.05, 0) is 36.4 Å². The van der Waals surface area contributed by atoms with Crippen LogP contribution in [0.4, 0.5) is 5.69 Å². The van der Waals surface area contributed by atoms with E-state index in [0.717, 1.165) is 4.47 Å². The van der Waals surface area contributed by atoms with Gasteiger partial charge < -0.3 is 15.7 Å². The number of nitrogens with zero attached hydrogens (tertiary/aromatic N) is 1. The number of esters is 1. The van der Waals surface area contributed by atoms with E-state index >= 15 is 0 Å². The molecule has 2 aromatic rings. The summed E-state index contributed by atoms with van der Waals surface area (Å²) in [4.78, 5) is 11.9. The minimum Gasteiger partial charge on any atom is -0.455 e. The average Bonchev–Trinajstić information content (AvgIpc) is 2.50. The summed E-state index contributed by atoms with van der Waals surface area (Å²) in [5.41, 5.74) is 7.45. The van der Waals surface area contributed by atoms with Crippen molar-refractivity contribution in [1.29, 1.82) is 0 Å². The lowest BCUT2D eigenvalue weighted by Gasteiger charge is -2.07. The molecule has 0 unspecified atom stereocenters. The Morgan fingerprint density at radius 3 is 2.24 bits per heavy atom. The SMILES string of the molecule is Nc1ccc(C(=O)OC/C(=N/O)c2ccc(Br)cc2)cc1. The molecule has 0 amide bonds. The maximum atomic E-state index is 11.9. The van der Waals surface area contributed by atoms with Crippen molar-refractivity contribution in [3.05, 3.63) is 64.1 Å². The normalized spacial score (nSPS) is 11.2. The van der Waals surface area contributed by atoms with Gasteiger partial charge in [0.2, 0.25) is 0 Å². The van der Waals surface area contributed by atoms with Gasteiger partial charge in [0.1, 0.15) is 12.3 Å². The Balaban J connectivity index is 2.02. The van der Waals surface area contributed by atoms with Gasteiger partial charge in [0, 0.05) is 15.7 Å². The minimum atomic E-state index is -0.506. The molecule has 0 spiro atoms. The average molecular weight is 349 g/mol. The summed E-state index contributed by atoms with van der Waals surface area (Å²) in [5.74, 6) is -0.506. The number of ether oxygens (including phenoxy) is 1. The van der Waals surface area contributed by atoms with E-state index in [-0.39, 0.29) is 12.3 Å². The van der Waals surface area contributed by atoms with E-state index < -0.39 is 5.97 Å². The van der Waals surface area contributed by atoms with Crippen molar-refractivity contribution in [2.75, 3.05) is 12.3 Å². The molecule has 0 aliphatic rings. The van der Waals surface area contributed by atoms with Crippen LogP contribution in [0.1, 0.15) is 15.9 Å². The number of halogens is 1. The third-order valence-electron chi connectivity index (χ3n) is 2.78. The summed E-state index contributed by atoms with van der Waals surface area (Å²) < 4.78 is 6.03. The lowest BCUT2D eigenvalue weighted by atomic mass is 10.1. The Labute approximate surface area is 130 Å². The lowest BCUT2D eigenvalue weighted by Crippen LogP contribution is -2.15. The summed E-state index contributed by atoms with van der Waals surface area (Å²) in [5, 5.41) is 12.2. The van der Waals surface area contributed by atoms with Crippen LogP contribution < -0.4 is 5.73 Å². The van der Waals surface area contributed by atoms with Crippen molar-refractivity contribution in [2.24, 2.45) is 5.16 Å². The second-order valence-electron chi connectivity index (χ2n) is 4.25. The zero-order valence-corrected chi connectivity index (χ0v) is 12.6. The molecule has 2 aromatic carbocycles. The molecule has 0 aliphatic heterocycles.